The summed E-state index contributed by atoms with van der Waals surface area (Å²) in [7, 11) is 3.91. The van der Waals surface area contributed by atoms with Crippen molar-refractivity contribution in [3.8, 4) is 0 Å². The molecule has 0 spiro atoms. The highest BCUT2D eigenvalue weighted by Crippen LogP contribution is 2.30. The van der Waals surface area contributed by atoms with Crippen molar-refractivity contribution >= 4 is 11.6 Å². The lowest BCUT2D eigenvalue weighted by Gasteiger charge is -2.19. The predicted molar refractivity (Wildman–Crippen MR) is 98.8 cm³/mol. The van der Waals surface area contributed by atoms with Gasteiger partial charge in [-0.3, -0.25) is 4.79 Å². The fourth-order valence-electron chi connectivity index (χ4n) is 3.21. The number of nitrogens with one attached hydrogen (secondary N) is 2. The van der Waals surface area contributed by atoms with Crippen LogP contribution in [0.3, 0.4) is 0 Å². The predicted octanol–water partition coefficient (Wildman–Crippen LogP) is 2.18. The number of nitrogens with zero attached hydrogens (tertiary/aromatic N) is 3. The van der Waals surface area contributed by atoms with E-state index in [1.54, 1.807) is 0 Å². The van der Waals surface area contributed by atoms with Crippen LogP contribution in [0, 0.1) is 5.92 Å². The van der Waals surface area contributed by atoms with E-state index in [1.807, 2.05) is 43.3 Å². The van der Waals surface area contributed by atoms with Crippen LogP contribution in [-0.2, 0) is 17.5 Å². The Morgan fingerprint density at radius 3 is 2.39 bits per heavy atom. The molecule has 0 radical (unpaired) electrons. The monoisotopic (exact) mass is 393 g/mol. The molecule has 1 aromatic heterocycles. The number of alkyl halides is 3. The van der Waals surface area contributed by atoms with E-state index in [-0.39, 0.29) is 17.7 Å². The van der Waals surface area contributed by atoms with Crippen LogP contribution in [0.2, 0.25) is 0 Å². The number of rotatable bonds is 5. The summed E-state index contributed by atoms with van der Waals surface area (Å²) in [4.78, 5) is 21.4. The number of benzene rings is 1. The maximum atomic E-state index is 12.6. The van der Waals surface area contributed by atoms with E-state index in [9.17, 15) is 18.0 Å². The number of aromatic nitrogens is 2. The maximum Gasteiger partial charge on any atom is 0.451 e. The van der Waals surface area contributed by atoms with Gasteiger partial charge in [-0.2, -0.15) is 13.2 Å². The summed E-state index contributed by atoms with van der Waals surface area (Å²) in [5, 5.41) is 6.03. The molecule has 6 nitrogen and oxygen atoms in total. The van der Waals surface area contributed by atoms with Crippen LogP contribution in [-0.4, -0.2) is 43.1 Å². The van der Waals surface area contributed by atoms with Crippen LogP contribution < -0.4 is 15.5 Å². The largest absolute Gasteiger partial charge is 0.451 e. The Hall–Kier alpha value is -2.68. The van der Waals surface area contributed by atoms with Crippen LogP contribution in [0.5, 0.6) is 0 Å². The summed E-state index contributed by atoms with van der Waals surface area (Å²) in [5.41, 5.74) is 2.56. The van der Waals surface area contributed by atoms with Crippen molar-refractivity contribution < 1.29 is 18.0 Å². The van der Waals surface area contributed by atoms with Gasteiger partial charge in [-0.05, 0) is 23.3 Å². The molecular weight excluding hydrogens is 371 g/mol. The van der Waals surface area contributed by atoms with Crippen LogP contribution in [0.1, 0.15) is 22.9 Å². The first kappa shape index (κ1) is 20.1. The Bertz CT molecular complexity index is 806. The molecule has 1 aliphatic heterocycles. The van der Waals surface area contributed by atoms with Crippen LogP contribution in [0.15, 0.2) is 36.7 Å². The first-order valence-corrected chi connectivity index (χ1v) is 8.89. The third-order valence-corrected chi connectivity index (χ3v) is 4.82. The van der Waals surface area contributed by atoms with Gasteiger partial charge in [-0.1, -0.05) is 12.1 Å². The van der Waals surface area contributed by atoms with E-state index in [2.05, 4.69) is 20.6 Å². The van der Waals surface area contributed by atoms with Crippen molar-refractivity contribution in [1.29, 1.82) is 0 Å². The Labute approximate surface area is 161 Å². The molecule has 1 amide bonds. The molecule has 2 atom stereocenters. The zero-order valence-corrected chi connectivity index (χ0v) is 15.6. The van der Waals surface area contributed by atoms with Gasteiger partial charge in [0.25, 0.3) is 0 Å². The average molecular weight is 393 g/mol. The number of hydrogen-bond donors (Lipinski definition) is 2. The second-order valence-electron chi connectivity index (χ2n) is 6.99. The topological polar surface area (TPSA) is 70.2 Å². The van der Waals surface area contributed by atoms with Crippen molar-refractivity contribution in [2.75, 3.05) is 32.1 Å². The molecule has 1 aromatic carbocycles. The molecule has 0 unspecified atom stereocenters. The average Bonchev–Trinajstić information content (AvgIpc) is 3.16. The lowest BCUT2D eigenvalue weighted by molar-refractivity contribution is -0.145. The molecular formula is C19H22F3N5O. The van der Waals surface area contributed by atoms with E-state index in [0.717, 1.165) is 23.6 Å². The Kier molecular flexibility index (Phi) is 5.83. The van der Waals surface area contributed by atoms with E-state index >= 15 is 0 Å². The molecule has 28 heavy (non-hydrogen) atoms. The van der Waals surface area contributed by atoms with Crippen LogP contribution in [0.4, 0.5) is 18.9 Å². The summed E-state index contributed by atoms with van der Waals surface area (Å²) >= 11 is 0. The van der Waals surface area contributed by atoms with E-state index in [4.69, 9.17) is 0 Å². The number of carbonyl (C=O) groups excluding carboxylic acids is 1. The molecule has 2 aromatic rings. The molecule has 2 heterocycles. The summed E-state index contributed by atoms with van der Waals surface area (Å²) < 4.78 is 37.9. The minimum Gasteiger partial charge on any atom is -0.378 e. The first-order chi connectivity index (χ1) is 13.3. The number of hydrogen-bond acceptors (Lipinski definition) is 5. The number of anilines is 1. The molecule has 3 rings (SSSR count). The van der Waals surface area contributed by atoms with Gasteiger partial charge in [-0.15, -0.1) is 0 Å². The normalized spacial score (nSPS) is 19.5. The maximum absolute atomic E-state index is 12.6. The smallest absolute Gasteiger partial charge is 0.378 e. The molecule has 1 fully saturated rings. The van der Waals surface area contributed by atoms with Gasteiger partial charge in [0.2, 0.25) is 11.7 Å². The molecule has 0 saturated carbocycles. The molecule has 0 aliphatic carbocycles. The SMILES string of the molecule is CN(C)c1ccc(CNC(=O)[C@H]2CNC[C@@H]2c2cnc(C(F)(F)F)nc2)cc1. The Morgan fingerprint density at radius 1 is 1.18 bits per heavy atom. The van der Waals surface area contributed by atoms with Gasteiger partial charge in [0.15, 0.2) is 0 Å². The van der Waals surface area contributed by atoms with Gasteiger partial charge in [-0.25, -0.2) is 9.97 Å². The first-order valence-electron chi connectivity index (χ1n) is 8.89. The van der Waals surface area contributed by atoms with Crippen molar-refractivity contribution in [1.82, 2.24) is 20.6 Å². The fraction of sp³-hybridized carbons (Fsp3) is 0.421. The summed E-state index contributed by atoms with van der Waals surface area (Å²) in [6, 6.07) is 7.84. The highest BCUT2D eigenvalue weighted by molar-refractivity contribution is 5.80. The zero-order valence-electron chi connectivity index (χ0n) is 15.6. The third kappa shape index (κ3) is 4.59. The highest BCUT2D eigenvalue weighted by Gasteiger charge is 2.37. The molecule has 150 valence electrons. The van der Waals surface area contributed by atoms with Crippen molar-refractivity contribution in [3.63, 3.8) is 0 Å². The highest BCUT2D eigenvalue weighted by atomic mass is 19.4. The fourth-order valence-corrected chi connectivity index (χ4v) is 3.21. The van der Waals surface area contributed by atoms with Crippen molar-refractivity contribution in [3.05, 3.63) is 53.6 Å². The third-order valence-electron chi connectivity index (χ3n) is 4.82. The molecule has 9 heteroatoms. The van der Waals surface area contributed by atoms with E-state index in [1.165, 1.54) is 0 Å². The summed E-state index contributed by atoms with van der Waals surface area (Å²) in [6.07, 6.45) is -2.26. The van der Waals surface area contributed by atoms with E-state index < -0.39 is 12.0 Å². The summed E-state index contributed by atoms with van der Waals surface area (Å²) in [6.45, 7) is 1.33. The van der Waals surface area contributed by atoms with Gasteiger partial charge in [0.1, 0.15) is 0 Å². The van der Waals surface area contributed by atoms with Crippen molar-refractivity contribution in [2.24, 2.45) is 5.92 Å². The number of halogens is 3. The molecule has 0 bridgehead atoms. The van der Waals surface area contributed by atoms with Crippen LogP contribution in [0.25, 0.3) is 0 Å². The van der Waals surface area contributed by atoms with Crippen LogP contribution >= 0.6 is 0 Å². The molecule has 1 aliphatic rings. The van der Waals surface area contributed by atoms with Gasteiger partial charge in [0, 0.05) is 57.7 Å². The van der Waals surface area contributed by atoms with Gasteiger partial charge in [0.05, 0.1) is 5.92 Å². The number of carbonyl (C=O) groups is 1. The summed E-state index contributed by atoms with van der Waals surface area (Å²) in [5.74, 6) is -1.98. The quantitative estimate of drug-likeness (QED) is 0.815. The molecule has 2 N–H and O–H groups in total. The Balaban J connectivity index is 1.62. The second kappa shape index (κ2) is 8.14. The van der Waals surface area contributed by atoms with Crippen molar-refractivity contribution in [2.45, 2.75) is 18.6 Å². The van der Waals surface area contributed by atoms with Gasteiger partial charge < -0.3 is 15.5 Å². The lowest BCUT2D eigenvalue weighted by atomic mass is 9.90. The minimum absolute atomic E-state index is 0.147. The second-order valence-corrected chi connectivity index (χ2v) is 6.99. The van der Waals surface area contributed by atoms with Gasteiger partial charge >= 0.3 is 6.18 Å². The zero-order chi connectivity index (χ0) is 20.3. The van der Waals surface area contributed by atoms with E-state index in [0.29, 0.717) is 25.2 Å². The number of amides is 1. The molecule has 1 saturated heterocycles. The Morgan fingerprint density at radius 2 is 1.82 bits per heavy atom. The lowest BCUT2D eigenvalue weighted by Crippen LogP contribution is -2.34. The minimum atomic E-state index is -4.58. The standard InChI is InChI=1S/C19H22F3N5O/c1-27(2)14-5-3-12(4-6-14)7-24-17(28)16-11-23-10-15(16)13-8-25-18(26-9-13)19(20,21)22/h3-6,8-9,15-16,23H,7,10-11H2,1-2H3,(H,24,28)/t15-,16+/m1/s1.